The molecule has 0 saturated carbocycles. The average molecular weight is 324 g/mol. The van der Waals surface area contributed by atoms with E-state index in [0.29, 0.717) is 18.5 Å². The number of anilines is 1. The highest BCUT2D eigenvalue weighted by Gasteiger charge is 2.38. The van der Waals surface area contributed by atoms with E-state index >= 15 is 0 Å². The first-order valence-corrected chi connectivity index (χ1v) is 7.97. The Morgan fingerprint density at radius 2 is 1.92 bits per heavy atom. The molecule has 0 spiro atoms. The number of likely N-dealkylation sites (tertiary alicyclic amines) is 1. The number of benzene rings is 2. The molecule has 3 rings (SSSR count). The molecule has 0 bridgehead atoms. The number of hydrogen-bond acceptors (Lipinski definition) is 3. The second-order valence-electron chi connectivity index (χ2n) is 6.04. The van der Waals surface area contributed by atoms with E-state index in [1.54, 1.807) is 30.1 Å². The number of nitrogens with zero attached hydrogens (tertiary/aromatic N) is 1. The summed E-state index contributed by atoms with van der Waals surface area (Å²) in [6, 6.07) is 15.8. The third-order valence-electron chi connectivity index (χ3n) is 4.45. The molecule has 0 radical (unpaired) electrons. The van der Waals surface area contributed by atoms with Crippen LogP contribution in [0, 0.1) is 5.92 Å². The predicted molar refractivity (Wildman–Crippen MR) is 91.4 cm³/mol. The maximum absolute atomic E-state index is 12.8. The Morgan fingerprint density at radius 1 is 1.17 bits per heavy atom. The standard InChI is InChI=1S/C19H20N2O3/c1-21-17(23)11-10-16(18(21)13-6-3-2-4-7-13)19(24)20-14-8-5-9-15(22)12-14/h2-9,12,16,18,22H,10-11H2,1H3,(H,20,24)/t16-,18-/m1/s1. The summed E-state index contributed by atoms with van der Waals surface area (Å²) >= 11 is 0. The zero-order valence-corrected chi connectivity index (χ0v) is 13.5. The van der Waals surface area contributed by atoms with Crippen molar-refractivity contribution < 1.29 is 14.7 Å². The van der Waals surface area contributed by atoms with Gasteiger partial charge >= 0.3 is 0 Å². The summed E-state index contributed by atoms with van der Waals surface area (Å²) in [6.45, 7) is 0. The molecule has 24 heavy (non-hydrogen) atoms. The van der Waals surface area contributed by atoms with E-state index in [2.05, 4.69) is 5.32 Å². The van der Waals surface area contributed by atoms with E-state index in [1.165, 1.54) is 6.07 Å². The van der Waals surface area contributed by atoms with Crippen molar-refractivity contribution in [3.8, 4) is 5.75 Å². The van der Waals surface area contributed by atoms with Crippen molar-refractivity contribution >= 4 is 17.5 Å². The van der Waals surface area contributed by atoms with E-state index in [4.69, 9.17) is 0 Å². The molecular weight excluding hydrogens is 304 g/mol. The Labute approximate surface area is 140 Å². The summed E-state index contributed by atoms with van der Waals surface area (Å²) in [5.74, 6) is -0.333. The summed E-state index contributed by atoms with van der Waals surface area (Å²) in [5, 5.41) is 12.4. The lowest BCUT2D eigenvalue weighted by molar-refractivity contribution is -0.140. The van der Waals surface area contributed by atoms with Gasteiger partial charge in [-0.15, -0.1) is 0 Å². The van der Waals surface area contributed by atoms with Gasteiger partial charge in [0.05, 0.1) is 12.0 Å². The second-order valence-corrected chi connectivity index (χ2v) is 6.04. The van der Waals surface area contributed by atoms with Crippen LogP contribution in [0.3, 0.4) is 0 Å². The minimum atomic E-state index is -0.336. The van der Waals surface area contributed by atoms with Gasteiger partial charge < -0.3 is 15.3 Å². The Bertz CT molecular complexity index is 745. The molecule has 1 aliphatic rings. The SMILES string of the molecule is CN1C(=O)CC[C@@H](C(=O)Nc2cccc(O)c2)[C@H]1c1ccccc1. The van der Waals surface area contributed by atoms with Crippen LogP contribution in [0.15, 0.2) is 54.6 Å². The van der Waals surface area contributed by atoms with Gasteiger partial charge in [0.2, 0.25) is 11.8 Å². The normalized spacial score (nSPS) is 20.7. The first kappa shape index (κ1) is 16.1. The lowest BCUT2D eigenvalue weighted by Crippen LogP contribution is -2.44. The topological polar surface area (TPSA) is 69.6 Å². The van der Waals surface area contributed by atoms with Crippen molar-refractivity contribution in [2.24, 2.45) is 5.92 Å². The van der Waals surface area contributed by atoms with Crippen LogP contribution in [0.4, 0.5) is 5.69 Å². The number of carbonyl (C=O) groups is 2. The van der Waals surface area contributed by atoms with Gasteiger partial charge in [-0.3, -0.25) is 9.59 Å². The van der Waals surface area contributed by atoms with Crippen molar-refractivity contribution in [1.82, 2.24) is 4.90 Å². The predicted octanol–water partition coefficient (Wildman–Crippen LogP) is 2.94. The van der Waals surface area contributed by atoms with Crippen LogP contribution in [0.5, 0.6) is 5.75 Å². The molecule has 2 atom stereocenters. The van der Waals surface area contributed by atoms with Crippen LogP contribution in [-0.4, -0.2) is 28.9 Å². The first-order valence-electron chi connectivity index (χ1n) is 7.97. The van der Waals surface area contributed by atoms with Gasteiger partial charge in [-0.1, -0.05) is 36.4 Å². The van der Waals surface area contributed by atoms with Crippen LogP contribution < -0.4 is 5.32 Å². The fraction of sp³-hybridized carbons (Fsp3) is 0.263. The molecule has 0 aromatic heterocycles. The highest BCUT2D eigenvalue weighted by atomic mass is 16.3. The van der Waals surface area contributed by atoms with Gasteiger partial charge in [-0.2, -0.15) is 0 Å². The summed E-state index contributed by atoms with van der Waals surface area (Å²) in [6.07, 6.45) is 0.866. The number of phenolic OH excluding ortho intramolecular Hbond substituents is 1. The summed E-state index contributed by atoms with van der Waals surface area (Å²) in [4.78, 5) is 26.6. The van der Waals surface area contributed by atoms with Gasteiger partial charge in [-0.05, 0) is 24.1 Å². The minimum absolute atomic E-state index is 0.0465. The lowest BCUT2D eigenvalue weighted by Gasteiger charge is -2.38. The molecule has 2 aromatic carbocycles. The highest BCUT2D eigenvalue weighted by Crippen LogP contribution is 2.36. The van der Waals surface area contributed by atoms with Gasteiger partial charge in [0.1, 0.15) is 5.75 Å². The molecule has 2 amide bonds. The Hall–Kier alpha value is -2.82. The van der Waals surface area contributed by atoms with Crippen molar-refractivity contribution in [1.29, 1.82) is 0 Å². The van der Waals surface area contributed by atoms with Gasteiger partial charge in [0.25, 0.3) is 0 Å². The zero-order chi connectivity index (χ0) is 17.1. The molecule has 1 fully saturated rings. The molecule has 0 aliphatic carbocycles. The number of hydrogen-bond donors (Lipinski definition) is 2. The van der Waals surface area contributed by atoms with E-state index in [0.717, 1.165) is 5.56 Å². The van der Waals surface area contributed by atoms with Gasteiger partial charge in [0, 0.05) is 25.2 Å². The third-order valence-corrected chi connectivity index (χ3v) is 4.45. The van der Waals surface area contributed by atoms with Crippen LogP contribution in [0.2, 0.25) is 0 Å². The summed E-state index contributed by atoms with van der Waals surface area (Å²) in [5.41, 5.74) is 1.50. The summed E-state index contributed by atoms with van der Waals surface area (Å²) in [7, 11) is 1.74. The maximum Gasteiger partial charge on any atom is 0.229 e. The lowest BCUT2D eigenvalue weighted by atomic mass is 9.84. The van der Waals surface area contributed by atoms with Crippen LogP contribution >= 0.6 is 0 Å². The smallest absolute Gasteiger partial charge is 0.229 e. The highest BCUT2D eigenvalue weighted by molar-refractivity contribution is 5.94. The van der Waals surface area contributed by atoms with Gasteiger partial charge in [-0.25, -0.2) is 0 Å². The monoisotopic (exact) mass is 324 g/mol. The number of nitrogens with one attached hydrogen (secondary N) is 1. The Kier molecular flexibility index (Phi) is 4.51. The number of piperidine rings is 1. The number of phenols is 1. The van der Waals surface area contributed by atoms with E-state index in [1.807, 2.05) is 30.3 Å². The Morgan fingerprint density at radius 3 is 2.62 bits per heavy atom. The number of aromatic hydroxyl groups is 1. The molecule has 5 nitrogen and oxygen atoms in total. The third kappa shape index (κ3) is 3.25. The van der Waals surface area contributed by atoms with Crippen molar-refractivity contribution in [3.63, 3.8) is 0 Å². The largest absolute Gasteiger partial charge is 0.508 e. The van der Waals surface area contributed by atoms with Crippen molar-refractivity contribution in [2.45, 2.75) is 18.9 Å². The van der Waals surface area contributed by atoms with Crippen molar-refractivity contribution in [2.75, 3.05) is 12.4 Å². The van der Waals surface area contributed by atoms with E-state index < -0.39 is 0 Å². The zero-order valence-electron chi connectivity index (χ0n) is 13.5. The van der Waals surface area contributed by atoms with Gasteiger partial charge in [0.15, 0.2) is 0 Å². The molecular formula is C19H20N2O3. The van der Waals surface area contributed by atoms with Crippen LogP contribution in [-0.2, 0) is 9.59 Å². The average Bonchev–Trinajstić information content (AvgIpc) is 2.58. The molecule has 2 N–H and O–H groups in total. The fourth-order valence-electron chi connectivity index (χ4n) is 3.24. The number of carbonyl (C=O) groups excluding carboxylic acids is 2. The molecule has 1 saturated heterocycles. The minimum Gasteiger partial charge on any atom is -0.508 e. The van der Waals surface area contributed by atoms with Crippen LogP contribution in [0.25, 0.3) is 0 Å². The second kappa shape index (κ2) is 6.74. The van der Waals surface area contributed by atoms with Crippen LogP contribution in [0.1, 0.15) is 24.4 Å². The summed E-state index contributed by atoms with van der Waals surface area (Å²) < 4.78 is 0. The van der Waals surface area contributed by atoms with E-state index in [9.17, 15) is 14.7 Å². The molecule has 124 valence electrons. The Balaban J connectivity index is 1.86. The quantitative estimate of drug-likeness (QED) is 0.912. The molecule has 5 heteroatoms. The number of amides is 2. The molecule has 1 aliphatic heterocycles. The van der Waals surface area contributed by atoms with Crippen molar-refractivity contribution in [3.05, 3.63) is 60.2 Å². The molecule has 1 heterocycles. The maximum atomic E-state index is 12.8. The first-order chi connectivity index (χ1) is 11.6. The molecule has 2 aromatic rings. The van der Waals surface area contributed by atoms with E-state index in [-0.39, 0.29) is 29.5 Å². The number of rotatable bonds is 3. The molecule has 0 unspecified atom stereocenters. The fourth-order valence-corrected chi connectivity index (χ4v) is 3.24.